The molecule has 0 fully saturated rings. The molecular weight excluding hydrogens is 410 g/mol. The van der Waals surface area contributed by atoms with Crippen LogP contribution in [0.1, 0.15) is 17.8 Å². The minimum absolute atomic E-state index is 0.0358. The standard InChI is InChI=1S/C23H25N5O4/c1-16-21(23-27-26-22(32-23)18-6-4-3-5-7-18)25-19(14-24-16)17-8-10-28(11-9-17)20(29)15-31-13-12-30-2/h3-8,14H,9-13,15H2,1-2H3. The third kappa shape index (κ3) is 5.06. The topological polar surface area (TPSA) is 103 Å². The Labute approximate surface area is 186 Å². The molecule has 0 aliphatic carbocycles. The second-order valence-corrected chi connectivity index (χ2v) is 7.33. The lowest BCUT2D eigenvalue weighted by Gasteiger charge is -2.26. The van der Waals surface area contributed by atoms with Crippen molar-refractivity contribution in [3.8, 4) is 23.0 Å². The Kier molecular flexibility index (Phi) is 6.98. The van der Waals surface area contributed by atoms with E-state index in [1.165, 1.54) is 0 Å². The summed E-state index contributed by atoms with van der Waals surface area (Å²) in [7, 11) is 1.60. The van der Waals surface area contributed by atoms with Gasteiger partial charge in [0.15, 0.2) is 0 Å². The van der Waals surface area contributed by atoms with Crippen LogP contribution in [0.25, 0.3) is 28.6 Å². The van der Waals surface area contributed by atoms with E-state index < -0.39 is 0 Å². The van der Waals surface area contributed by atoms with Crippen LogP contribution >= 0.6 is 0 Å². The molecule has 0 spiro atoms. The molecule has 1 aliphatic rings. The molecule has 0 bridgehead atoms. The predicted molar refractivity (Wildman–Crippen MR) is 117 cm³/mol. The van der Waals surface area contributed by atoms with E-state index in [1.807, 2.05) is 43.3 Å². The van der Waals surface area contributed by atoms with Gasteiger partial charge in [0.2, 0.25) is 11.8 Å². The van der Waals surface area contributed by atoms with Crippen LogP contribution in [0.4, 0.5) is 0 Å². The first kappa shape index (κ1) is 21.8. The Morgan fingerprint density at radius 3 is 2.72 bits per heavy atom. The quantitative estimate of drug-likeness (QED) is 0.498. The SMILES string of the molecule is COCCOCC(=O)N1CC=C(c2cnc(C)c(-c3nnc(-c4ccccc4)o3)n2)CC1. The van der Waals surface area contributed by atoms with Gasteiger partial charge in [0.05, 0.1) is 30.8 Å². The highest BCUT2D eigenvalue weighted by Crippen LogP contribution is 2.27. The zero-order valence-corrected chi connectivity index (χ0v) is 18.2. The van der Waals surface area contributed by atoms with Gasteiger partial charge >= 0.3 is 0 Å². The second-order valence-electron chi connectivity index (χ2n) is 7.33. The van der Waals surface area contributed by atoms with E-state index in [0.29, 0.717) is 55.9 Å². The van der Waals surface area contributed by atoms with E-state index in [9.17, 15) is 4.79 Å². The number of nitrogens with zero attached hydrogens (tertiary/aromatic N) is 5. The van der Waals surface area contributed by atoms with Gasteiger partial charge in [-0.1, -0.05) is 24.3 Å². The molecule has 4 rings (SSSR count). The first-order valence-electron chi connectivity index (χ1n) is 10.4. The third-order valence-corrected chi connectivity index (χ3v) is 5.15. The van der Waals surface area contributed by atoms with Crippen LogP contribution in [0.15, 0.2) is 47.0 Å². The number of methoxy groups -OCH3 is 1. The first-order chi connectivity index (χ1) is 15.7. The Morgan fingerprint density at radius 1 is 1.16 bits per heavy atom. The molecule has 0 atom stereocenters. The van der Waals surface area contributed by atoms with Crippen LogP contribution in [0, 0.1) is 6.92 Å². The van der Waals surface area contributed by atoms with Crippen LogP contribution < -0.4 is 0 Å². The maximum Gasteiger partial charge on any atom is 0.268 e. The summed E-state index contributed by atoms with van der Waals surface area (Å²) < 4.78 is 16.1. The number of aryl methyl sites for hydroxylation is 1. The number of ether oxygens (including phenoxy) is 2. The van der Waals surface area contributed by atoms with Crippen molar-refractivity contribution >= 4 is 11.5 Å². The van der Waals surface area contributed by atoms with Crippen LogP contribution in [0.3, 0.4) is 0 Å². The Balaban J connectivity index is 1.46. The Morgan fingerprint density at radius 2 is 1.97 bits per heavy atom. The summed E-state index contributed by atoms with van der Waals surface area (Å²) in [4.78, 5) is 23.3. The summed E-state index contributed by atoms with van der Waals surface area (Å²) >= 11 is 0. The average Bonchev–Trinajstić information content (AvgIpc) is 3.33. The molecule has 1 aliphatic heterocycles. The van der Waals surface area contributed by atoms with Gasteiger partial charge in [-0.2, -0.15) is 0 Å². The van der Waals surface area contributed by atoms with Crippen molar-refractivity contribution in [1.29, 1.82) is 0 Å². The molecule has 166 valence electrons. The fraction of sp³-hybridized carbons (Fsp3) is 0.348. The molecule has 32 heavy (non-hydrogen) atoms. The molecule has 3 heterocycles. The number of amides is 1. The van der Waals surface area contributed by atoms with Gasteiger partial charge in [-0.25, -0.2) is 4.98 Å². The molecule has 0 saturated carbocycles. The monoisotopic (exact) mass is 435 g/mol. The van der Waals surface area contributed by atoms with Gasteiger partial charge in [-0.05, 0) is 31.1 Å². The van der Waals surface area contributed by atoms with Gasteiger partial charge in [0.25, 0.3) is 5.89 Å². The fourth-order valence-electron chi connectivity index (χ4n) is 3.34. The van der Waals surface area contributed by atoms with Crippen molar-refractivity contribution in [1.82, 2.24) is 25.1 Å². The number of aromatic nitrogens is 4. The summed E-state index contributed by atoms with van der Waals surface area (Å²) in [6, 6.07) is 9.59. The highest BCUT2D eigenvalue weighted by atomic mass is 16.5. The molecule has 1 aromatic carbocycles. The van der Waals surface area contributed by atoms with Crippen molar-refractivity contribution in [2.24, 2.45) is 0 Å². The molecule has 1 amide bonds. The molecule has 2 aromatic heterocycles. The molecule has 0 N–H and O–H groups in total. The van der Waals surface area contributed by atoms with Gasteiger partial charge < -0.3 is 18.8 Å². The zero-order chi connectivity index (χ0) is 22.3. The largest absolute Gasteiger partial charge is 0.415 e. The lowest BCUT2D eigenvalue weighted by molar-refractivity contribution is -0.136. The van der Waals surface area contributed by atoms with E-state index in [0.717, 1.165) is 16.8 Å². The molecular formula is C23H25N5O4. The second kappa shape index (κ2) is 10.3. The summed E-state index contributed by atoms with van der Waals surface area (Å²) in [5.74, 6) is 0.731. The van der Waals surface area contributed by atoms with E-state index in [-0.39, 0.29) is 12.5 Å². The first-order valence-corrected chi connectivity index (χ1v) is 10.4. The van der Waals surface area contributed by atoms with Crippen LogP contribution in [0.2, 0.25) is 0 Å². The molecule has 9 nitrogen and oxygen atoms in total. The van der Waals surface area contributed by atoms with Gasteiger partial charge in [0, 0.05) is 25.8 Å². The van der Waals surface area contributed by atoms with Crippen molar-refractivity contribution in [2.45, 2.75) is 13.3 Å². The normalized spacial score (nSPS) is 13.8. The maximum absolute atomic E-state index is 12.3. The number of hydrogen-bond acceptors (Lipinski definition) is 8. The fourth-order valence-corrected chi connectivity index (χ4v) is 3.34. The molecule has 3 aromatic rings. The maximum atomic E-state index is 12.3. The van der Waals surface area contributed by atoms with Gasteiger partial charge in [0.1, 0.15) is 12.3 Å². The van der Waals surface area contributed by atoms with Gasteiger partial charge in [-0.3, -0.25) is 9.78 Å². The Bertz CT molecular complexity index is 1100. The number of rotatable bonds is 8. The highest BCUT2D eigenvalue weighted by molar-refractivity contribution is 5.79. The van der Waals surface area contributed by atoms with Crippen LogP contribution in [0.5, 0.6) is 0 Å². The molecule has 0 unspecified atom stereocenters. The van der Waals surface area contributed by atoms with Crippen LogP contribution in [-0.4, -0.2) is 71.0 Å². The van der Waals surface area contributed by atoms with Crippen LogP contribution in [-0.2, 0) is 14.3 Å². The van der Waals surface area contributed by atoms with E-state index in [4.69, 9.17) is 18.9 Å². The molecule has 0 saturated heterocycles. The van der Waals surface area contributed by atoms with E-state index >= 15 is 0 Å². The van der Waals surface area contributed by atoms with Crippen molar-refractivity contribution < 1.29 is 18.7 Å². The number of carbonyl (C=O) groups is 1. The number of carbonyl (C=O) groups excluding carboxylic acids is 1. The highest BCUT2D eigenvalue weighted by Gasteiger charge is 2.21. The third-order valence-electron chi connectivity index (χ3n) is 5.15. The number of hydrogen-bond donors (Lipinski definition) is 0. The Hall–Kier alpha value is -3.43. The smallest absolute Gasteiger partial charge is 0.268 e. The number of benzene rings is 1. The zero-order valence-electron chi connectivity index (χ0n) is 18.2. The molecule has 0 radical (unpaired) electrons. The van der Waals surface area contributed by atoms with Gasteiger partial charge in [-0.15, -0.1) is 10.2 Å². The van der Waals surface area contributed by atoms with E-state index in [2.05, 4.69) is 15.2 Å². The lowest BCUT2D eigenvalue weighted by Crippen LogP contribution is -2.37. The van der Waals surface area contributed by atoms with Crippen molar-refractivity contribution in [2.75, 3.05) is 40.0 Å². The lowest BCUT2D eigenvalue weighted by atomic mass is 10.0. The van der Waals surface area contributed by atoms with Crippen molar-refractivity contribution in [3.05, 3.63) is 54.0 Å². The summed E-state index contributed by atoms with van der Waals surface area (Å²) in [6.45, 7) is 3.90. The van der Waals surface area contributed by atoms with Crippen molar-refractivity contribution in [3.63, 3.8) is 0 Å². The summed E-state index contributed by atoms with van der Waals surface area (Å²) in [5.41, 5.74) is 3.89. The summed E-state index contributed by atoms with van der Waals surface area (Å²) in [6.07, 6.45) is 4.42. The molecule has 9 heteroatoms. The average molecular weight is 435 g/mol. The minimum Gasteiger partial charge on any atom is -0.415 e. The van der Waals surface area contributed by atoms with E-state index in [1.54, 1.807) is 18.2 Å². The summed E-state index contributed by atoms with van der Waals surface area (Å²) in [5, 5.41) is 8.32. The predicted octanol–water partition coefficient (Wildman–Crippen LogP) is 2.78. The minimum atomic E-state index is -0.0358.